The van der Waals surface area contributed by atoms with Gasteiger partial charge in [0.15, 0.2) is 0 Å². The van der Waals surface area contributed by atoms with Crippen molar-refractivity contribution in [2.45, 2.75) is 24.9 Å². The summed E-state index contributed by atoms with van der Waals surface area (Å²) >= 11 is 0. The molecule has 1 unspecified atom stereocenters. The molecule has 0 aliphatic heterocycles. The molecule has 1 aliphatic rings. The summed E-state index contributed by atoms with van der Waals surface area (Å²) < 4.78 is 14.8. The van der Waals surface area contributed by atoms with E-state index in [9.17, 15) is 9.50 Å². The predicted molar refractivity (Wildman–Crippen MR) is 63.3 cm³/mol. The summed E-state index contributed by atoms with van der Waals surface area (Å²) in [6.07, 6.45) is 3.17. The van der Waals surface area contributed by atoms with Crippen LogP contribution in [-0.2, 0) is 25.5 Å². The van der Waals surface area contributed by atoms with Gasteiger partial charge in [0.2, 0.25) is 0 Å². The van der Waals surface area contributed by atoms with Crippen LogP contribution in [0.4, 0.5) is 4.39 Å². The Hall–Kier alpha value is -1.75. The first kappa shape index (κ1) is 11.3. The molecule has 0 radical (unpaired) electrons. The third-order valence-corrected chi connectivity index (χ3v) is 3.63. The lowest BCUT2D eigenvalue weighted by atomic mass is 9.92. The lowest BCUT2D eigenvalue weighted by Gasteiger charge is -2.23. The first-order chi connectivity index (χ1) is 8.58. The van der Waals surface area contributed by atoms with Crippen molar-refractivity contribution in [1.29, 1.82) is 0 Å². The molecule has 1 aromatic heterocycles. The molecule has 1 aromatic carbocycles. The van der Waals surface area contributed by atoms with Gasteiger partial charge < -0.3 is 5.11 Å². The van der Waals surface area contributed by atoms with Gasteiger partial charge in [-0.3, -0.25) is 4.68 Å². The van der Waals surface area contributed by atoms with E-state index in [1.807, 2.05) is 0 Å². The van der Waals surface area contributed by atoms with Crippen LogP contribution in [-0.4, -0.2) is 19.9 Å². The number of fused-ring (bicyclic) bond motifs is 1. The van der Waals surface area contributed by atoms with Crippen molar-refractivity contribution in [3.05, 3.63) is 47.3 Å². The Kier molecular flexibility index (Phi) is 2.45. The number of aliphatic hydroxyl groups is 1. The first-order valence-corrected chi connectivity index (χ1v) is 5.93. The van der Waals surface area contributed by atoms with Crippen LogP contribution in [0.2, 0.25) is 0 Å². The molecule has 0 fully saturated rings. The largest absolute Gasteiger partial charge is 0.385 e. The van der Waals surface area contributed by atoms with Crippen molar-refractivity contribution in [3.63, 3.8) is 0 Å². The number of benzene rings is 1. The van der Waals surface area contributed by atoms with Gasteiger partial charge in [0, 0.05) is 13.5 Å². The maximum absolute atomic E-state index is 13.1. The summed E-state index contributed by atoms with van der Waals surface area (Å²) in [5.41, 5.74) is 0.746. The molecule has 0 amide bonds. The fourth-order valence-electron chi connectivity index (χ4n) is 2.62. The Balaban J connectivity index is 1.97. The van der Waals surface area contributed by atoms with E-state index in [1.54, 1.807) is 17.8 Å². The number of hydrogen-bond donors (Lipinski definition) is 1. The second-order valence-corrected chi connectivity index (χ2v) is 4.81. The van der Waals surface area contributed by atoms with Gasteiger partial charge in [-0.15, -0.1) is 0 Å². The SMILES string of the molecule is Cn1ncnc1CC1(O)CCc2cc(F)ccc21. The molecule has 1 heterocycles. The fourth-order valence-corrected chi connectivity index (χ4v) is 2.62. The fraction of sp³-hybridized carbons (Fsp3) is 0.385. The van der Waals surface area contributed by atoms with Crippen molar-refractivity contribution < 1.29 is 9.50 Å². The van der Waals surface area contributed by atoms with Crippen LogP contribution in [0, 0.1) is 5.82 Å². The van der Waals surface area contributed by atoms with E-state index in [0.29, 0.717) is 19.3 Å². The van der Waals surface area contributed by atoms with Crippen molar-refractivity contribution >= 4 is 0 Å². The highest BCUT2D eigenvalue weighted by Gasteiger charge is 2.38. The van der Waals surface area contributed by atoms with E-state index < -0.39 is 5.60 Å². The molecule has 1 N–H and O–H groups in total. The number of aromatic nitrogens is 3. The van der Waals surface area contributed by atoms with E-state index in [1.165, 1.54) is 18.5 Å². The molecule has 4 nitrogen and oxygen atoms in total. The minimum atomic E-state index is -0.955. The number of halogens is 1. The average Bonchev–Trinajstić information content (AvgIpc) is 2.85. The zero-order valence-corrected chi connectivity index (χ0v) is 10.1. The van der Waals surface area contributed by atoms with E-state index in [0.717, 1.165) is 17.0 Å². The van der Waals surface area contributed by atoms with E-state index in [-0.39, 0.29) is 5.82 Å². The molecule has 5 heteroatoms. The molecule has 1 atom stereocenters. The van der Waals surface area contributed by atoms with Crippen molar-refractivity contribution in [2.24, 2.45) is 7.05 Å². The Bertz CT molecular complexity index is 596. The van der Waals surface area contributed by atoms with Gasteiger partial charge in [0.05, 0.1) is 5.60 Å². The number of aryl methyl sites for hydroxylation is 2. The molecule has 0 saturated heterocycles. The lowest BCUT2D eigenvalue weighted by molar-refractivity contribution is 0.0360. The maximum Gasteiger partial charge on any atom is 0.138 e. The van der Waals surface area contributed by atoms with Crippen molar-refractivity contribution in [1.82, 2.24) is 14.8 Å². The highest BCUT2D eigenvalue weighted by Crippen LogP contribution is 2.39. The molecule has 0 saturated carbocycles. The monoisotopic (exact) mass is 247 g/mol. The highest BCUT2D eigenvalue weighted by molar-refractivity contribution is 5.38. The molecule has 1 aliphatic carbocycles. The van der Waals surface area contributed by atoms with Crippen LogP contribution in [0.5, 0.6) is 0 Å². The summed E-state index contributed by atoms with van der Waals surface area (Å²) in [4.78, 5) is 4.13. The minimum Gasteiger partial charge on any atom is -0.385 e. The zero-order chi connectivity index (χ0) is 12.8. The summed E-state index contributed by atoms with van der Waals surface area (Å²) in [6.45, 7) is 0. The summed E-state index contributed by atoms with van der Waals surface area (Å²) in [5.74, 6) is 0.478. The van der Waals surface area contributed by atoms with Crippen LogP contribution < -0.4 is 0 Å². The van der Waals surface area contributed by atoms with Crippen molar-refractivity contribution in [3.8, 4) is 0 Å². The van der Waals surface area contributed by atoms with Gasteiger partial charge >= 0.3 is 0 Å². The van der Waals surface area contributed by atoms with E-state index >= 15 is 0 Å². The van der Waals surface area contributed by atoms with Crippen LogP contribution in [0.3, 0.4) is 0 Å². The zero-order valence-electron chi connectivity index (χ0n) is 10.1. The van der Waals surface area contributed by atoms with Gasteiger partial charge in [-0.1, -0.05) is 6.07 Å². The Morgan fingerprint density at radius 1 is 1.50 bits per heavy atom. The Labute approximate surface area is 104 Å². The number of nitrogens with zero attached hydrogens (tertiary/aromatic N) is 3. The molecule has 0 spiro atoms. The summed E-state index contributed by atoms with van der Waals surface area (Å²) in [7, 11) is 1.80. The third kappa shape index (κ3) is 1.71. The number of rotatable bonds is 2. The van der Waals surface area contributed by atoms with Gasteiger partial charge in [0.1, 0.15) is 18.0 Å². The van der Waals surface area contributed by atoms with Crippen LogP contribution >= 0.6 is 0 Å². The Morgan fingerprint density at radius 2 is 2.33 bits per heavy atom. The Morgan fingerprint density at radius 3 is 3.06 bits per heavy atom. The predicted octanol–water partition coefficient (Wildman–Crippen LogP) is 1.33. The summed E-state index contributed by atoms with van der Waals surface area (Å²) in [6, 6.07) is 4.57. The minimum absolute atomic E-state index is 0.253. The van der Waals surface area contributed by atoms with E-state index in [4.69, 9.17) is 0 Å². The summed E-state index contributed by atoms with van der Waals surface area (Å²) in [5, 5.41) is 14.7. The molecule has 2 aromatic rings. The van der Waals surface area contributed by atoms with Crippen LogP contribution in [0.15, 0.2) is 24.5 Å². The van der Waals surface area contributed by atoms with Crippen molar-refractivity contribution in [2.75, 3.05) is 0 Å². The van der Waals surface area contributed by atoms with Gasteiger partial charge in [-0.05, 0) is 36.1 Å². The second kappa shape index (κ2) is 3.88. The lowest BCUT2D eigenvalue weighted by Crippen LogP contribution is -2.27. The van der Waals surface area contributed by atoms with E-state index in [2.05, 4.69) is 10.1 Å². The maximum atomic E-state index is 13.1. The standard InChI is InChI=1S/C13H14FN3O/c1-17-12(15-8-16-17)7-13(18)5-4-9-6-10(14)2-3-11(9)13/h2-3,6,8,18H,4-5,7H2,1H3. The van der Waals surface area contributed by atoms with Crippen LogP contribution in [0.1, 0.15) is 23.4 Å². The molecular weight excluding hydrogens is 233 g/mol. The molecule has 18 heavy (non-hydrogen) atoms. The van der Waals surface area contributed by atoms with Gasteiger partial charge in [0.25, 0.3) is 0 Å². The normalized spacial score (nSPS) is 22.2. The smallest absolute Gasteiger partial charge is 0.138 e. The van der Waals surface area contributed by atoms with Gasteiger partial charge in [-0.25, -0.2) is 9.37 Å². The van der Waals surface area contributed by atoms with Gasteiger partial charge in [-0.2, -0.15) is 5.10 Å². The third-order valence-electron chi connectivity index (χ3n) is 3.63. The second-order valence-electron chi connectivity index (χ2n) is 4.81. The first-order valence-electron chi connectivity index (χ1n) is 5.93. The molecule has 94 valence electrons. The topological polar surface area (TPSA) is 50.9 Å². The highest BCUT2D eigenvalue weighted by atomic mass is 19.1. The molecular formula is C13H14FN3O. The number of hydrogen-bond acceptors (Lipinski definition) is 3. The average molecular weight is 247 g/mol. The molecule has 0 bridgehead atoms. The quantitative estimate of drug-likeness (QED) is 0.871. The van der Waals surface area contributed by atoms with Crippen LogP contribution in [0.25, 0.3) is 0 Å². The molecule has 3 rings (SSSR count).